The van der Waals surface area contributed by atoms with Crippen LogP contribution in [0.1, 0.15) is 38.9 Å². The van der Waals surface area contributed by atoms with Gasteiger partial charge in [-0.15, -0.1) is 0 Å². The number of ether oxygens (including phenoxy) is 1. The molecule has 0 radical (unpaired) electrons. The van der Waals surface area contributed by atoms with Gasteiger partial charge in [-0.25, -0.2) is 9.78 Å². The zero-order valence-corrected chi connectivity index (χ0v) is 15.5. The number of carbonyl (C=O) groups is 1. The van der Waals surface area contributed by atoms with Crippen molar-refractivity contribution < 1.29 is 9.53 Å². The highest BCUT2D eigenvalue weighted by atomic mass is 16.6. The van der Waals surface area contributed by atoms with Crippen LogP contribution < -0.4 is 5.73 Å². The van der Waals surface area contributed by atoms with Crippen LogP contribution in [0.3, 0.4) is 0 Å². The molecule has 6 heteroatoms. The van der Waals surface area contributed by atoms with Crippen LogP contribution >= 0.6 is 0 Å². The van der Waals surface area contributed by atoms with Gasteiger partial charge in [0.25, 0.3) is 0 Å². The molecule has 1 aliphatic heterocycles. The molecule has 1 fully saturated rings. The lowest BCUT2D eigenvalue weighted by atomic mass is 9.91. The van der Waals surface area contributed by atoms with E-state index in [2.05, 4.69) is 10.6 Å². The smallest absolute Gasteiger partial charge is 0.410 e. The number of benzene rings is 1. The van der Waals surface area contributed by atoms with Crippen LogP contribution in [0.5, 0.6) is 0 Å². The second-order valence-electron chi connectivity index (χ2n) is 7.84. The third kappa shape index (κ3) is 3.63. The highest BCUT2D eigenvalue weighted by Gasteiger charge is 2.35. The van der Waals surface area contributed by atoms with Crippen LogP contribution in [0, 0.1) is 5.92 Å². The number of carbonyl (C=O) groups excluding carboxylic acids is 1. The number of amides is 1. The van der Waals surface area contributed by atoms with Crippen molar-refractivity contribution in [3.63, 3.8) is 0 Å². The van der Waals surface area contributed by atoms with Crippen LogP contribution in [0.2, 0.25) is 0 Å². The van der Waals surface area contributed by atoms with E-state index in [9.17, 15) is 4.79 Å². The standard InChI is InChI=1S/C19H28N4O2/c1-19(2,3)25-18(24)23-10-9-13(12-23)14(11-20)17-21-15-7-5-6-8-16(15)22(17)4/h5-8,13-14H,9-12,20H2,1-4H3. The molecule has 0 saturated carbocycles. The van der Waals surface area contributed by atoms with E-state index in [0.29, 0.717) is 25.6 Å². The maximum Gasteiger partial charge on any atom is 0.410 e. The molecule has 136 valence electrons. The molecule has 2 unspecified atom stereocenters. The van der Waals surface area contributed by atoms with Gasteiger partial charge in [-0.1, -0.05) is 12.1 Å². The van der Waals surface area contributed by atoms with E-state index in [1.165, 1.54) is 0 Å². The fraction of sp³-hybridized carbons (Fsp3) is 0.579. The monoisotopic (exact) mass is 344 g/mol. The minimum Gasteiger partial charge on any atom is -0.444 e. The average Bonchev–Trinajstić information content (AvgIpc) is 3.14. The normalized spacial score (nSPS) is 19.4. The van der Waals surface area contributed by atoms with E-state index < -0.39 is 5.60 Å². The van der Waals surface area contributed by atoms with E-state index in [-0.39, 0.29) is 12.0 Å². The third-order valence-corrected chi connectivity index (χ3v) is 4.85. The molecule has 1 aromatic carbocycles. The molecule has 6 nitrogen and oxygen atoms in total. The van der Waals surface area contributed by atoms with E-state index in [4.69, 9.17) is 15.5 Å². The van der Waals surface area contributed by atoms with Crippen LogP contribution in [0.25, 0.3) is 11.0 Å². The second kappa shape index (κ2) is 6.67. The minimum atomic E-state index is -0.472. The predicted octanol–water partition coefficient (Wildman–Crippen LogP) is 2.87. The van der Waals surface area contributed by atoms with Crippen molar-refractivity contribution in [3.8, 4) is 0 Å². The van der Waals surface area contributed by atoms with Crippen LogP contribution in [0.15, 0.2) is 24.3 Å². The van der Waals surface area contributed by atoms with Crippen LogP contribution in [0.4, 0.5) is 4.79 Å². The molecular formula is C19H28N4O2. The Morgan fingerprint density at radius 2 is 2.12 bits per heavy atom. The summed E-state index contributed by atoms with van der Waals surface area (Å²) in [4.78, 5) is 18.9. The van der Waals surface area contributed by atoms with Crippen molar-refractivity contribution >= 4 is 17.1 Å². The lowest BCUT2D eigenvalue weighted by molar-refractivity contribution is 0.0286. The molecule has 0 aliphatic carbocycles. The van der Waals surface area contributed by atoms with Crippen molar-refractivity contribution in [2.24, 2.45) is 18.7 Å². The predicted molar refractivity (Wildman–Crippen MR) is 98.4 cm³/mol. The molecule has 2 N–H and O–H groups in total. The molecule has 1 amide bonds. The summed E-state index contributed by atoms with van der Waals surface area (Å²) in [5, 5.41) is 0. The number of hydrogen-bond donors (Lipinski definition) is 1. The molecule has 1 aromatic heterocycles. The van der Waals surface area contributed by atoms with E-state index in [0.717, 1.165) is 23.3 Å². The van der Waals surface area contributed by atoms with E-state index in [1.807, 2.05) is 46.0 Å². The van der Waals surface area contributed by atoms with Crippen LogP contribution in [-0.2, 0) is 11.8 Å². The molecular weight excluding hydrogens is 316 g/mol. The first kappa shape index (κ1) is 17.7. The first-order chi connectivity index (χ1) is 11.8. The number of imidazole rings is 1. The van der Waals surface area contributed by atoms with Gasteiger partial charge in [0, 0.05) is 32.6 Å². The number of likely N-dealkylation sites (tertiary alicyclic amines) is 1. The molecule has 25 heavy (non-hydrogen) atoms. The number of aromatic nitrogens is 2. The number of para-hydroxylation sites is 2. The first-order valence-electron chi connectivity index (χ1n) is 8.89. The van der Waals surface area contributed by atoms with Gasteiger partial charge in [0.1, 0.15) is 11.4 Å². The maximum absolute atomic E-state index is 12.3. The van der Waals surface area contributed by atoms with E-state index >= 15 is 0 Å². The topological polar surface area (TPSA) is 73.4 Å². The van der Waals surface area contributed by atoms with Gasteiger partial charge in [0.15, 0.2) is 0 Å². The molecule has 3 rings (SSSR count). The maximum atomic E-state index is 12.3. The Labute approximate surface area is 149 Å². The Kier molecular flexibility index (Phi) is 4.73. The van der Waals surface area contributed by atoms with Gasteiger partial charge in [-0.2, -0.15) is 0 Å². The summed E-state index contributed by atoms with van der Waals surface area (Å²) >= 11 is 0. The molecule has 2 aromatic rings. The Hall–Kier alpha value is -2.08. The molecule has 1 saturated heterocycles. The van der Waals surface area contributed by atoms with Crippen molar-refractivity contribution in [2.45, 2.75) is 38.7 Å². The largest absolute Gasteiger partial charge is 0.444 e. The molecule has 2 atom stereocenters. The Balaban J connectivity index is 1.78. The van der Waals surface area contributed by atoms with Gasteiger partial charge in [-0.05, 0) is 45.2 Å². The van der Waals surface area contributed by atoms with Gasteiger partial charge in [0.05, 0.1) is 11.0 Å². The first-order valence-corrected chi connectivity index (χ1v) is 8.89. The van der Waals surface area contributed by atoms with Crippen molar-refractivity contribution in [1.29, 1.82) is 0 Å². The zero-order valence-electron chi connectivity index (χ0n) is 15.5. The van der Waals surface area contributed by atoms with Crippen molar-refractivity contribution in [2.75, 3.05) is 19.6 Å². The summed E-state index contributed by atoms with van der Waals surface area (Å²) in [5.41, 5.74) is 7.73. The lowest BCUT2D eigenvalue weighted by Gasteiger charge is -2.25. The van der Waals surface area contributed by atoms with Gasteiger partial charge < -0.3 is 19.9 Å². The fourth-order valence-electron chi connectivity index (χ4n) is 3.61. The van der Waals surface area contributed by atoms with Crippen LogP contribution in [-0.4, -0.2) is 45.8 Å². The number of aryl methyl sites for hydroxylation is 1. The number of nitrogens with two attached hydrogens (primary N) is 1. The summed E-state index contributed by atoms with van der Waals surface area (Å²) in [5.74, 6) is 1.43. The zero-order chi connectivity index (χ0) is 18.2. The molecule has 0 spiro atoms. The van der Waals surface area contributed by atoms with Gasteiger partial charge in [0.2, 0.25) is 0 Å². The lowest BCUT2D eigenvalue weighted by Crippen LogP contribution is -2.36. The van der Waals surface area contributed by atoms with Crippen molar-refractivity contribution in [3.05, 3.63) is 30.1 Å². The van der Waals surface area contributed by atoms with Gasteiger partial charge in [-0.3, -0.25) is 0 Å². The molecule has 1 aliphatic rings. The molecule has 2 heterocycles. The Morgan fingerprint density at radius 1 is 1.40 bits per heavy atom. The summed E-state index contributed by atoms with van der Waals surface area (Å²) in [6.45, 7) is 7.56. The Bertz CT molecular complexity index is 762. The highest BCUT2D eigenvalue weighted by Crippen LogP contribution is 2.33. The van der Waals surface area contributed by atoms with Gasteiger partial charge >= 0.3 is 6.09 Å². The summed E-state index contributed by atoms with van der Waals surface area (Å²) in [6, 6.07) is 8.11. The second-order valence-corrected chi connectivity index (χ2v) is 7.84. The average molecular weight is 344 g/mol. The highest BCUT2D eigenvalue weighted by molar-refractivity contribution is 5.76. The number of fused-ring (bicyclic) bond motifs is 1. The number of nitrogens with zero attached hydrogens (tertiary/aromatic N) is 3. The van der Waals surface area contributed by atoms with Crippen molar-refractivity contribution in [1.82, 2.24) is 14.5 Å². The number of rotatable bonds is 3. The number of hydrogen-bond acceptors (Lipinski definition) is 4. The third-order valence-electron chi connectivity index (χ3n) is 4.85. The quantitative estimate of drug-likeness (QED) is 0.929. The SMILES string of the molecule is Cn1c(C(CN)C2CCN(C(=O)OC(C)(C)C)C2)nc2ccccc21. The summed E-state index contributed by atoms with van der Waals surface area (Å²) in [7, 11) is 2.04. The molecule has 0 bridgehead atoms. The summed E-state index contributed by atoms with van der Waals surface area (Å²) in [6.07, 6.45) is 0.681. The minimum absolute atomic E-state index is 0.129. The van der Waals surface area contributed by atoms with E-state index in [1.54, 1.807) is 4.90 Å². The Morgan fingerprint density at radius 3 is 2.76 bits per heavy atom. The fourth-order valence-corrected chi connectivity index (χ4v) is 3.61. The summed E-state index contributed by atoms with van der Waals surface area (Å²) < 4.78 is 7.62.